The Morgan fingerprint density at radius 3 is 2.70 bits per heavy atom. The monoisotopic (exact) mass is 276 g/mol. The van der Waals surface area contributed by atoms with Crippen LogP contribution in [-0.4, -0.2) is 30.1 Å². The van der Waals surface area contributed by atoms with Crippen LogP contribution >= 0.6 is 0 Å². The molecule has 1 atom stereocenters. The highest BCUT2D eigenvalue weighted by atomic mass is 16.4. The third-order valence-electron chi connectivity index (χ3n) is 4.05. The maximum Gasteiger partial charge on any atom is 0.311 e. The molecule has 0 radical (unpaired) electrons. The molecule has 5 nitrogen and oxygen atoms in total. The summed E-state index contributed by atoms with van der Waals surface area (Å²) < 4.78 is 0. The minimum Gasteiger partial charge on any atom is -0.481 e. The summed E-state index contributed by atoms with van der Waals surface area (Å²) in [5.41, 5.74) is 5.86. The predicted molar refractivity (Wildman–Crippen MR) is 76.8 cm³/mol. The number of hydrogen-bond donors (Lipinski definition) is 2. The maximum absolute atomic E-state index is 11.6. The van der Waals surface area contributed by atoms with E-state index < -0.39 is 17.3 Å². The van der Waals surface area contributed by atoms with E-state index in [4.69, 9.17) is 5.73 Å². The molecule has 108 valence electrons. The van der Waals surface area contributed by atoms with E-state index in [0.29, 0.717) is 31.5 Å². The summed E-state index contributed by atoms with van der Waals surface area (Å²) in [5.74, 6) is -1.23. The fraction of sp³-hybridized carbons (Fsp3) is 0.467. The number of primary amides is 1. The van der Waals surface area contributed by atoms with E-state index in [1.165, 1.54) is 0 Å². The quantitative estimate of drug-likeness (QED) is 0.860. The standard InChI is InChI=1S/C15H20N2O3/c1-2-7-15(14(19)20)8-9-17(10-15)12-6-4-3-5-11(12)13(16)18/h3-6H,2,7-10H2,1H3,(H2,16,18)(H,19,20). The number of carboxylic acids is 1. The fourth-order valence-electron chi connectivity index (χ4n) is 3.00. The number of para-hydroxylation sites is 1. The van der Waals surface area contributed by atoms with Crippen LogP contribution in [0.25, 0.3) is 0 Å². The van der Waals surface area contributed by atoms with Crippen LogP contribution in [0.3, 0.4) is 0 Å². The topological polar surface area (TPSA) is 83.6 Å². The molecule has 1 unspecified atom stereocenters. The smallest absolute Gasteiger partial charge is 0.311 e. The number of rotatable bonds is 5. The Morgan fingerprint density at radius 2 is 2.10 bits per heavy atom. The molecular formula is C15H20N2O3. The second-order valence-corrected chi connectivity index (χ2v) is 5.39. The molecule has 1 fully saturated rings. The van der Waals surface area contributed by atoms with Gasteiger partial charge in [-0.3, -0.25) is 9.59 Å². The van der Waals surface area contributed by atoms with Crippen LogP contribution in [0.15, 0.2) is 24.3 Å². The van der Waals surface area contributed by atoms with E-state index >= 15 is 0 Å². The Balaban J connectivity index is 2.29. The molecule has 3 N–H and O–H groups in total. The molecule has 0 spiro atoms. The van der Waals surface area contributed by atoms with E-state index in [1.54, 1.807) is 12.1 Å². The first-order valence-corrected chi connectivity index (χ1v) is 6.87. The van der Waals surface area contributed by atoms with E-state index in [1.807, 2.05) is 24.0 Å². The van der Waals surface area contributed by atoms with Crippen LogP contribution < -0.4 is 10.6 Å². The van der Waals surface area contributed by atoms with Gasteiger partial charge in [-0.15, -0.1) is 0 Å². The number of nitrogens with zero attached hydrogens (tertiary/aromatic N) is 1. The van der Waals surface area contributed by atoms with Gasteiger partial charge in [0.1, 0.15) is 0 Å². The Hall–Kier alpha value is -2.04. The lowest BCUT2D eigenvalue weighted by Crippen LogP contribution is -2.35. The summed E-state index contributed by atoms with van der Waals surface area (Å²) in [5, 5.41) is 9.52. The van der Waals surface area contributed by atoms with Crippen molar-refractivity contribution in [1.82, 2.24) is 0 Å². The fourth-order valence-corrected chi connectivity index (χ4v) is 3.00. The van der Waals surface area contributed by atoms with Crippen LogP contribution in [0.4, 0.5) is 5.69 Å². The molecule has 5 heteroatoms. The first-order valence-electron chi connectivity index (χ1n) is 6.87. The summed E-state index contributed by atoms with van der Waals surface area (Å²) in [6.07, 6.45) is 2.08. The largest absolute Gasteiger partial charge is 0.481 e. The third kappa shape index (κ3) is 2.48. The summed E-state index contributed by atoms with van der Waals surface area (Å²) >= 11 is 0. The summed E-state index contributed by atoms with van der Waals surface area (Å²) in [6.45, 7) is 3.06. The molecule has 1 aliphatic heterocycles. The van der Waals surface area contributed by atoms with Crippen molar-refractivity contribution in [2.24, 2.45) is 11.1 Å². The van der Waals surface area contributed by atoms with Gasteiger partial charge in [-0.2, -0.15) is 0 Å². The van der Waals surface area contributed by atoms with Gasteiger partial charge in [-0.05, 0) is 25.0 Å². The molecule has 0 aliphatic carbocycles. The van der Waals surface area contributed by atoms with Gasteiger partial charge in [-0.1, -0.05) is 25.5 Å². The molecule has 0 bridgehead atoms. The van der Waals surface area contributed by atoms with Crippen LogP contribution in [0.2, 0.25) is 0 Å². The van der Waals surface area contributed by atoms with Crippen molar-refractivity contribution in [2.75, 3.05) is 18.0 Å². The third-order valence-corrected chi connectivity index (χ3v) is 4.05. The van der Waals surface area contributed by atoms with Gasteiger partial charge in [0.05, 0.1) is 11.0 Å². The van der Waals surface area contributed by atoms with Gasteiger partial charge < -0.3 is 15.7 Å². The molecule has 1 amide bonds. The van der Waals surface area contributed by atoms with Gasteiger partial charge in [0.15, 0.2) is 0 Å². The highest BCUT2D eigenvalue weighted by Crippen LogP contribution is 2.38. The van der Waals surface area contributed by atoms with Crippen LogP contribution in [-0.2, 0) is 4.79 Å². The molecule has 1 saturated heterocycles. The molecule has 1 heterocycles. The van der Waals surface area contributed by atoms with Crippen molar-refractivity contribution in [2.45, 2.75) is 26.2 Å². The molecule has 1 aromatic carbocycles. The van der Waals surface area contributed by atoms with Crippen molar-refractivity contribution in [3.63, 3.8) is 0 Å². The number of amides is 1. The van der Waals surface area contributed by atoms with Crippen LogP contribution in [0.1, 0.15) is 36.5 Å². The van der Waals surface area contributed by atoms with E-state index in [2.05, 4.69) is 0 Å². The van der Waals surface area contributed by atoms with Crippen molar-refractivity contribution < 1.29 is 14.7 Å². The zero-order valence-corrected chi connectivity index (χ0v) is 11.6. The highest BCUT2D eigenvalue weighted by molar-refractivity contribution is 5.98. The van der Waals surface area contributed by atoms with E-state index in [9.17, 15) is 14.7 Å². The minimum atomic E-state index is -0.751. The molecule has 20 heavy (non-hydrogen) atoms. The van der Waals surface area contributed by atoms with Gasteiger partial charge in [0.25, 0.3) is 5.91 Å². The van der Waals surface area contributed by atoms with E-state index in [-0.39, 0.29) is 0 Å². The summed E-state index contributed by atoms with van der Waals surface area (Å²) in [6, 6.07) is 7.10. The number of carboxylic acid groups (broad SMARTS) is 1. The van der Waals surface area contributed by atoms with Crippen molar-refractivity contribution in [3.05, 3.63) is 29.8 Å². The molecule has 1 aromatic rings. The second kappa shape index (κ2) is 5.53. The number of nitrogens with two attached hydrogens (primary N) is 1. The Bertz CT molecular complexity index is 530. The lowest BCUT2D eigenvalue weighted by Gasteiger charge is -2.26. The first-order chi connectivity index (χ1) is 9.50. The molecular weight excluding hydrogens is 256 g/mol. The normalized spacial score (nSPS) is 21.9. The lowest BCUT2D eigenvalue weighted by atomic mass is 9.83. The SMILES string of the molecule is CCCC1(C(=O)O)CCN(c2ccccc2C(N)=O)C1. The average Bonchev–Trinajstić information content (AvgIpc) is 2.85. The highest BCUT2D eigenvalue weighted by Gasteiger charge is 2.44. The molecule has 2 rings (SSSR count). The minimum absolute atomic E-state index is 0.431. The average molecular weight is 276 g/mol. The van der Waals surface area contributed by atoms with Gasteiger partial charge >= 0.3 is 5.97 Å². The van der Waals surface area contributed by atoms with Crippen LogP contribution in [0.5, 0.6) is 0 Å². The molecule has 0 saturated carbocycles. The maximum atomic E-state index is 11.6. The van der Waals surface area contributed by atoms with E-state index in [0.717, 1.165) is 12.1 Å². The first kappa shape index (κ1) is 14.4. The summed E-state index contributed by atoms with van der Waals surface area (Å²) in [7, 11) is 0. The zero-order chi connectivity index (χ0) is 14.8. The Labute approximate surface area is 118 Å². The number of carbonyl (C=O) groups is 2. The number of aliphatic carboxylic acids is 1. The number of carbonyl (C=O) groups excluding carboxylic acids is 1. The van der Waals surface area contributed by atoms with Crippen molar-refractivity contribution in [3.8, 4) is 0 Å². The van der Waals surface area contributed by atoms with Crippen LogP contribution in [0, 0.1) is 5.41 Å². The van der Waals surface area contributed by atoms with Gasteiger partial charge in [0, 0.05) is 18.8 Å². The van der Waals surface area contributed by atoms with Crippen molar-refractivity contribution in [1.29, 1.82) is 0 Å². The number of benzene rings is 1. The summed E-state index contributed by atoms with van der Waals surface area (Å²) in [4.78, 5) is 25.0. The zero-order valence-electron chi connectivity index (χ0n) is 11.6. The Kier molecular flexibility index (Phi) is 3.97. The number of anilines is 1. The van der Waals surface area contributed by atoms with Gasteiger partial charge in [-0.25, -0.2) is 0 Å². The van der Waals surface area contributed by atoms with Gasteiger partial charge in [0.2, 0.25) is 0 Å². The second-order valence-electron chi connectivity index (χ2n) is 5.39. The molecule has 1 aliphatic rings. The van der Waals surface area contributed by atoms with Crippen molar-refractivity contribution >= 4 is 17.6 Å². The Morgan fingerprint density at radius 1 is 1.40 bits per heavy atom. The molecule has 0 aromatic heterocycles. The number of hydrogen-bond acceptors (Lipinski definition) is 3. The predicted octanol–water partition coefficient (Wildman–Crippen LogP) is 1.87. The lowest BCUT2D eigenvalue weighted by molar-refractivity contribution is -0.148.